The molecule has 0 spiro atoms. The van der Waals surface area contributed by atoms with Gasteiger partial charge in [0.15, 0.2) is 0 Å². The number of aromatic nitrogens is 2. The standard InChI is InChI=1S/C14H25N3S2/c1-5-15-14(12-7-8-16-17(12)6-2)13-9-18-10(3)11(4)19-13/h7-8,10-11,13-15H,5-6,9H2,1-4H3. The third-order valence-corrected chi connectivity index (χ3v) is 7.23. The molecule has 1 aliphatic rings. The summed E-state index contributed by atoms with van der Waals surface area (Å²) in [6.07, 6.45) is 1.93. The molecule has 5 heteroatoms. The number of aryl methyl sites for hydroxylation is 1. The molecule has 19 heavy (non-hydrogen) atoms. The van der Waals surface area contributed by atoms with Crippen molar-refractivity contribution in [2.24, 2.45) is 0 Å². The molecule has 1 saturated heterocycles. The van der Waals surface area contributed by atoms with Gasteiger partial charge in [-0.2, -0.15) is 28.6 Å². The fourth-order valence-electron chi connectivity index (χ4n) is 2.50. The van der Waals surface area contributed by atoms with Crippen molar-refractivity contribution >= 4 is 23.5 Å². The predicted molar refractivity (Wildman–Crippen MR) is 87.1 cm³/mol. The number of rotatable bonds is 5. The van der Waals surface area contributed by atoms with E-state index in [0.29, 0.717) is 11.3 Å². The van der Waals surface area contributed by atoms with Crippen LogP contribution in [0.5, 0.6) is 0 Å². The summed E-state index contributed by atoms with van der Waals surface area (Å²) in [4.78, 5) is 0. The van der Waals surface area contributed by atoms with E-state index in [9.17, 15) is 0 Å². The van der Waals surface area contributed by atoms with E-state index in [1.54, 1.807) is 0 Å². The largest absolute Gasteiger partial charge is 0.308 e. The van der Waals surface area contributed by atoms with Crippen LogP contribution in [0.4, 0.5) is 0 Å². The van der Waals surface area contributed by atoms with Crippen LogP contribution in [-0.2, 0) is 6.54 Å². The molecule has 0 aromatic carbocycles. The molecular weight excluding hydrogens is 274 g/mol. The van der Waals surface area contributed by atoms with Crippen molar-refractivity contribution in [1.82, 2.24) is 15.1 Å². The van der Waals surface area contributed by atoms with E-state index in [4.69, 9.17) is 0 Å². The molecule has 1 N–H and O–H groups in total. The highest BCUT2D eigenvalue weighted by Crippen LogP contribution is 2.40. The predicted octanol–water partition coefficient (Wildman–Crippen LogP) is 3.18. The van der Waals surface area contributed by atoms with Crippen LogP contribution >= 0.6 is 23.5 Å². The lowest BCUT2D eigenvalue weighted by molar-refractivity contribution is 0.490. The molecular formula is C14H25N3S2. The average molecular weight is 300 g/mol. The lowest BCUT2D eigenvalue weighted by Gasteiger charge is -2.36. The maximum atomic E-state index is 4.43. The Hall–Kier alpha value is -0.130. The summed E-state index contributed by atoms with van der Waals surface area (Å²) < 4.78 is 2.13. The maximum Gasteiger partial charge on any atom is 0.0620 e. The smallest absolute Gasteiger partial charge is 0.0620 e. The minimum atomic E-state index is 0.417. The Morgan fingerprint density at radius 2 is 2.21 bits per heavy atom. The van der Waals surface area contributed by atoms with Gasteiger partial charge in [0.1, 0.15) is 0 Å². The van der Waals surface area contributed by atoms with Crippen LogP contribution in [0.1, 0.15) is 39.4 Å². The molecule has 4 atom stereocenters. The van der Waals surface area contributed by atoms with Gasteiger partial charge in [0.25, 0.3) is 0 Å². The van der Waals surface area contributed by atoms with Crippen molar-refractivity contribution in [3.05, 3.63) is 18.0 Å². The summed E-state index contributed by atoms with van der Waals surface area (Å²) in [5, 5.41) is 10.2. The summed E-state index contributed by atoms with van der Waals surface area (Å²) >= 11 is 4.24. The monoisotopic (exact) mass is 299 g/mol. The normalized spacial score (nSPS) is 29.4. The second-order valence-electron chi connectivity index (χ2n) is 5.03. The van der Waals surface area contributed by atoms with Crippen LogP contribution in [-0.4, -0.2) is 37.8 Å². The molecule has 0 aliphatic carbocycles. The first-order valence-corrected chi connectivity index (χ1v) is 9.18. The molecule has 0 radical (unpaired) electrons. The Morgan fingerprint density at radius 1 is 1.42 bits per heavy atom. The summed E-state index contributed by atoms with van der Waals surface area (Å²) in [6, 6.07) is 2.59. The number of nitrogens with zero attached hydrogens (tertiary/aromatic N) is 2. The Kier molecular flexibility index (Phi) is 5.66. The first kappa shape index (κ1) is 15.3. The lowest BCUT2D eigenvalue weighted by atomic mass is 10.1. The molecule has 4 unspecified atom stereocenters. The molecule has 1 aromatic heterocycles. The van der Waals surface area contributed by atoms with Gasteiger partial charge in [0.2, 0.25) is 0 Å². The van der Waals surface area contributed by atoms with Crippen molar-refractivity contribution in [3.8, 4) is 0 Å². The minimum Gasteiger partial charge on any atom is -0.308 e. The van der Waals surface area contributed by atoms with Gasteiger partial charge in [-0.1, -0.05) is 20.8 Å². The van der Waals surface area contributed by atoms with Gasteiger partial charge in [-0.3, -0.25) is 4.68 Å². The summed E-state index contributed by atoms with van der Waals surface area (Å²) in [6.45, 7) is 11.0. The van der Waals surface area contributed by atoms with Crippen molar-refractivity contribution in [2.45, 2.75) is 56.0 Å². The third kappa shape index (κ3) is 3.50. The van der Waals surface area contributed by atoms with E-state index < -0.39 is 0 Å². The molecule has 1 fully saturated rings. The molecule has 2 heterocycles. The summed E-state index contributed by atoms with van der Waals surface area (Å²) in [5.74, 6) is 1.22. The van der Waals surface area contributed by atoms with Crippen LogP contribution in [0.25, 0.3) is 0 Å². The average Bonchev–Trinajstić information content (AvgIpc) is 2.87. The molecule has 0 amide bonds. The zero-order valence-electron chi connectivity index (χ0n) is 12.3. The summed E-state index contributed by atoms with van der Waals surface area (Å²) in [5.41, 5.74) is 1.34. The highest BCUT2D eigenvalue weighted by atomic mass is 32.2. The van der Waals surface area contributed by atoms with E-state index in [0.717, 1.165) is 23.6 Å². The molecule has 1 aliphatic heterocycles. The van der Waals surface area contributed by atoms with Crippen molar-refractivity contribution in [2.75, 3.05) is 12.3 Å². The van der Waals surface area contributed by atoms with Crippen LogP contribution in [0.15, 0.2) is 12.3 Å². The number of nitrogens with one attached hydrogen (secondary N) is 1. The number of hydrogen-bond acceptors (Lipinski definition) is 4. The first-order chi connectivity index (χ1) is 9.17. The van der Waals surface area contributed by atoms with E-state index in [1.165, 1.54) is 11.4 Å². The Morgan fingerprint density at radius 3 is 2.84 bits per heavy atom. The van der Waals surface area contributed by atoms with Crippen LogP contribution in [0.3, 0.4) is 0 Å². The van der Waals surface area contributed by atoms with E-state index >= 15 is 0 Å². The van der Waals surface area contributed by atoms with Gasteiger partial charge in [0.05, 0.1) is 11.7 Å². The highest BCUT2D eigenvalue weighted by molar-refractivity contribution is 8.07. The van der Waals surface area contributed by atoms with Crippen molar-refractivity contribution < 1.29 is 0 Å². The zero-order chi connectivity index (χ0) is 13.8. The van der Waals surface area contributed by atoms with Crippen LogP contribution in [0, 0.1) is 0 Å². The van der Waals surface area contributed by atoms with E-state index in [1.807, 2.05) is 6.20 Å². The minimum absolute atomic E-state index is 0.417. The highest BCUT2D eigenvalue weighted by Gasteiger charge is 2.33. The van der Waals surface area contributed by atoms with Crippen LogP contribution in [0.2, 0.25) is 0 Å². The quantitative estimate of drug-likeness (QED) is 0.904. The number of hydrogen-bond donors (Lipinski definition) is 1. The first-order valence-electron chi connectivity index (χ1n) is 7.19. The van der Waals surface area contributed by atoms with Gasteiger partial charge in [-0.25, -0.2) is 0 Å². The third-order valence-electron chi connectivity index (χ3n) is 3.74. The Balaban J connectivity index is 2.16. The lowest BCUT2D eigenvalue weighted by Crippen LogP contribution is -2.38. The van der Waals surface area contributed by atoms with Crippen LogP contribution < -0.4 is 5.32 Å². The summed E-state index contributed by atoms with van der Waals surface area (Å²) in [7, 11) is 0. The zero-order valence-corrected chi connectivity index (χ0v) is 13.9. The Labute approximate surface area is 125 Å². The van der Waals surface area contributed by atoms with Gasteiger partial charge in [0, 0.05) is 34.2 Å². The van der Waals surface area contributed by atoms with Crippen molar-refractivity contribution in [3.63, 3.8) is 0 Å². The fourth-order valence-corrected chi connectivity index (χ4v) is 5.60. The van der Waals surface area contributed by atoms with E-state index in [-0.39, 0.29) is 0 Å². The molecule has 108 valence electrons. The van der Waals surface area contributed by atoms with E-state index in [2.05, 4.69) is 72.4 Å². The topological polar surface area (TPSA) is 29.9 Å². The second-order valence-corrected chi connectivity index (χ2v) is 8.06. The van der Waals surface area contributed by atoms with Gasteiger partial charge >= 0.3 is 0 Å². The Bertz CT molecular complexity index is 394. The SMILES string of the molecule is CCNC(c1ccnn1CC)C1CSC(C)C(C)S1. The number of thioether (sulfide) groups is 2. The molecule has 0 bridgehead atoms. The second kappa shape index (κ2) is 7.04. The molecule has 3 nitrogen and oxygen atoms in total. The van der Waals surface area contributed by atoms with Gasteiger partial charge < -0.3 is 5.32 Å². The fraction of sp³-hybridized carbons (Fsp3) is 0.786. The maximum absolute atomic E-state index is 4.43. The molecule has 0 saturated carbocycles. The molecule has 1 aromatic rings. The molecule has 2 rings (SSSR count). The van der Waals surface area contributed by atoms with Gasteiger partial charge in [-0.15, -0.1) is 0 Å². The van der Waals surface area contributed by atoms with Gasteiger partial charge in [-0.05, 0) is 19.5 Å². The van der Waals surface area contributed by atoms with Crippen molar-refractivity contribution in [1.29, 1.82) is 0 Å².